The molecule has 2 aromatic heterocycles. The number of aryl methyl sites for hydroxylation is 1. The average molecular weight is 479 g/mol. The molecule has 0 bridgehead atoms. The van der Waals surface area contributed by atoms with Crippen LogP contribution in [0.15, 0.2) is 6.07 Å². The maximum atomic E-state index is 13.8. The molecule has 2 fully saturated rings. The number of hydrogen-bond donors (Lipinski definition) is 0. The molecular formula is C25H36F2N4O3. The van der Waals surface area contributed by atoms with Gasteiger partial charge in [0.25, 0.3) is 0 Å². The molecule has 0 N–H and O–H groups in total. The molecule has 0 spiro atoms. The second-order valence-corrected chi connectivity index (χ2v) is 10.8. The van der Waals surface area contributed by atoms with Gasteiger partial charge >= 0.3 is 6.09 Å². The first kappa shape index (κ1) is 24.8. The van der Waals surface area contributed by atoms with Crippen molar-refractivity contribution < 1.29 is 23.0 Å². The number of ether oxygens (including phenoxy) is 2. The summed E-state index contributed by atoms with van der Waals surface area (Å²) < 4.78 is 41.0. The Morgan fingerprint density at radius 1 is 1.15 bits per heavy atom. The van der Waals surface area contributed by atoms with E-state index >= 15 is 0 Å². The molecule has 3 heterocycles. The molecule has 188 valence electrons. The predicted octanol–water partition coefficient (Wildman–Crippen LogP) is 5.58. The predicted molar refractivity (Wildman–Crippen MR) is 124 cm³/mol. The fourth-order valence-corrected chi connectivity index (χ4v) is 5.03. The number of halogens is 2. The Labute approximate surface area is 199 Å². The number of hydrogen-bond acceptors (Lipinski definition) is 5. The Balaban J connectivity index is 1.60. The van der Waals surface area contributed by atoms with Crippen molar-refractivity contribution >= 4 is 11.7 Å². The van der Waals surface area contributed by atoms with E-state index in [1.54, 1.807) is 4.90 Å². The van der Waals surface area contributed by atoms with Crippen LogP contribution in [0.25, 0.3) is 5.65 Å². The summed E-state index contributed by atoms with van der Waals surface area (Å²) in [5.41, 5.74) is 3.74. The Kier molecular flexibility index (Phi) is 6.61. The molecule has 2 aromatic rings. The number of aromatic nitrogens is 3. The monoisotopic (exact) mass is 478 g/mol. The number of nitrogens with zero attached hydrogens (tertiary/aromatic N) is 4. The summed E-state index contributed by atoms with van der Waals surface area (Å²) in [4.78, 5) is 19.1. The van der Waals surface area contributed by atoms with Crippen LogP contribution in [0.5, 0.6) is 0 Å². The van der Waals surface area contributed by atoms with E-state index in [4.69, 9.17) is 19.6 Å². The van der Waals surface area contributed by atoms with E-state index in [9.17, 15) is 13.6 Å². The Bertz CT molecular complexity index is 1050. The van der Waals surface area contributed by atoms with Crippen LogP contribution in [-0.4, -0.2) is 56.8 Å². The van der Waals surface area contributed by atoms with Crippen molar-refractivity contribution in [1.29, 1.82) is 0 Å². The van der Waals surface area contributed by atoms with Crippen LogP contribution in [-0.2, 0) is 9.47 Å². The van der Waals surface area contributed by atoms with Gasteiger partial charge in [0.05, 0.1) is 24.5 Å². The smallest absolute Gasteiger partial charge is 0.410 e. The van der Waals surface area contributed by atoms with E-state index in [0.717, 1.165) is 29.6 Å². The number of carbonyl (C=O) groups is 1. The zero-order valence-corrected chi connectivity index (χ0v) is 21.0. The fraction of sp³-hybridized carbons (Fsp3) is 0.720. The number of rotatable bonds is 3. The van der Waals surface area contributed by atoms with Gasteiger partial charge in [-0.3, -0.25) is 0 Å². The molecule has 9 heteroatoms. The molecule has 0 radical (unpaired) electrons. The van der Waals surface area contributed by atoms with Crippen LogP contribution in [0.1, 0.15) is 88.0 Å². The molecule has 1 atom stereocenters. The van der Waals surface area contributed by atoms with Crippen LogP contribution in [0.4, 0.5) is 13.6 Å². The number of alkyl halides is 2. The highest BCUT2D eigenvalue weighted by atomic mass is 19.3. The SMILES string of the molecule is Cc1nc2cc(C3CCC(C(C)(F)F)CC3)nn2c(C2CN(C(=O)OC(C)(C)C)CCO2)c1C. The van der Waals surface area contributed by atoms with Crippen molar-refractivity contribution in [3.8, 4) is 0 Å². The minimum absolute atomic E-state index is 0.138. The van der Waals surface area contributed by atoms with Gasteiger partial charge in [-0.25, -0.2) is 23.1 Å². The van der Waals surface area contributed by atoms with E-state index in [-0.39, 0.29) is 18.1 Å². The molecule has 1 saturated carbocycles. The molecule has 4 rings (SSSR count). The minimum atomic E-state index is -2.63. The maximum absolute atomic E-state index is 13.8. The molecule has 1 amide bonds. The highest BCUT2D eigenvalue weighted by Crippen LogP contribution is 2.42. The lowest BCUT2D eigenvalue weighted by Gasteiger charge is -2.35. The first-order valence-electron chi connectivity index (χ1n) is 12.2. The Hall–Kier alpha value is -2.29. The van der Waals surface area contributed by atoms with E-state index in [1.807, 2.05) is 45.2 Å². The third-order valence-corrected chi connectivity index (χ3v) is 7.03. The molecular weight excluding hydrogens is 442 g/mol. The highest BCUT2D eigenvalue weighted by molar-refractivity contribution is 5.68. The van der Waals surface area contributed by atoms with Gasteiger partial charge in [0.15, 0.2) is 5.65 Å². The summed E-state index contributed by atoms with van der Waals surface area (Å²) in [6.07, 6.45) is 1.65. The van der Waals surface area contributed by atoms with Gasteiger partial charge in [-0.15, -0.1) is 0 Å². The van der Waals surface area contributed by atoms with Crippen molar-refractivity contribution in [2.24, 2.45) is 5.92 Å². The van der Waals surface area contributed by atoms with Gasteiger partial charge in [-0.05, 0) is 72.8 Å². The zero-order valence-electron chi connectivity index (χ0n) is 21.0. The van der Waals surface area contributed by atoms with Crippen molar-refractivity contribution in [3.63, 3.8) is 0 Å². The first-order chi connectivity index (χ1) is 15.8. The summed E-state index contributed by atoms with van der Waals surface area (Å²) in [6.45, 7) is 11.7. The number of amides is 1. The van der Waals surface area contributed by atoms with E-state index in [0.29, 0.717) is 51.0 Å². The van der Waals surface area contributed by atoms with E-state index in [2.05, 4.69) is 0 Å². The second kappa shape index (κ2) is 9.06. The number of carbonyl (C=O) groups excluding carboxylic acids is 1. The standard InChI is InChI=1S/C25H36F2N4O3/c1-15-16(2)28-21-13-19(17-7-9-18(10-8-17)25(6,26)27)29-31(21)22(15)20-14-30(11-12-33-20)23(32)34-24(3,4)5/h13,17-18,20H,7-12,14H2,1-6H3. The third-order valence-electron chi connectivity index (χ3n) is 7.03. The van der Waals surface area contributed by atoms with Gasteiger partial charge in [0, 0.05) is 30.1 Å². The third kappa shape index (κ3) is 5.19. The lowest BCUT2D eigenvalue weighted by molar-refractivity contribution is -0.0547. The van der Waals surface area contributed by atoms with E-state index < -0.39 is 17.4 Å². The summed E-state index contributed by atoms with van der Waals surface area (Å²) in [7, 11) is 0. The van der Waals surface area contributed by atoms with Crippen molar-refractivity contribution in [2.45, 2.75) is 90.8 Å². The Morgan fingerprint density at radius 2 is 1.82 bits per heavy atom. The molecule has 0 aromatic carbocycles. The van der Waals surface area contributed by atoms with Crippen LogP contribution < -0.4 is 0 Å². The largest absolute Gasteiger partial charge is 0.444 e. The minimum Gasteiger partial charge on any atom is -0.444 e. The quantitative estimate of drug-likeness (QED) is 0.576. The summed E-state index contributed by atoms with van der Waals surface area (Å²) in [5.74, 6) is -3.06. The summed E-state index contributed by atoms with van der Waals surface area (Å²) in [6, 6.07) is 1.97. The molecule has 34 heavy (non-hydrogen) atoms. The van der Waals surface area contributed by atoms with Crippen LogP contribution in [0.2, 0.25) is 0 Å². The number of morpholine rings is 1. The van der Waals surface area contributed by atoms with Crippen molar-refractivity contribution in [1.82, 2.24) is 19.5 Å². The van der Waals surface area contributed by atoms with Gasteiger partial charge in [-0.1, -0.05) is 0 Å². The fourth-order valence-electron chi connectivity index (χ4n) is 5.03. The van der Waals surface area contributed by atoms with E-state index in [1.165, 1.54) is 0 Å². The topological polar surface area (TPSA) is 69.0 Å². The number of fused-ring (bicyclic) bond motifs is 1. The van der Waals surface area contributed by atoms with Gasteiger partial charge in [0.1, 0.15) is 11.7 Å². The summed E-state index contributed by atoms with van der Waals surface area (Å²) in [5, 5.41) is 4.88. The average Bonchev–Trinajstić information content (AvgIpc) is 3.16. The van der Waals surface area contributed by atoms with Gasteiger partial charge in [-0.2, -0.15) is 5.10 Å². The van der Waals surface area contributed by atoms with Crippen molar-refractivity contribution in [3.05, 3.63) is 28.7 Å². The second-order valence-electron chi connectivity index (χ2n) is 10.8. The zero-order chi connectivity index (χ0) is 24.8. The molecule has 1 unspecified atom stereocenters. The lowest BCUT2D eigenvalue weighted by Crippen LogP contribution is -2.45. The van der Waals surface area contributed by atoms with Crippen LogP contribution in [0.3, 0.4) is 0 Å². The van der Waals surface area contributed by atoms with Crippen LogP contribution in [0, 0.1) is 19.8 Å². The van der Waals surface area contributed by atoms with Crippen molar-refractivity contribution in [2.75, 3.05) is 19.7 Å². The lowest BCUT2D eigenvalue weighted by atomic mass is 9.78. The molecule has 1 aliphatic carbocycles. The molecule has 7 nitrogen and oxygen atoms in total. The molecule has 1 aliphatic heterocycles. The van der Waals surface area contributed by atoms with Gasteiger partial charge < -0.3 is 14.4 Å². The first-order valence-corrected chi connectivity index (χ1v) is 12.2. The Morgan fingerprint density at radius 3 is 2.44 bits per heavy atom. The normalized spacial score (nSPS) is 24.5. The molecule has 1 saturated heterocycles. The summed E-state index contributed by atoms with van der Waals surface area (Å²) >= 11 is 0. The van der Waals surface area contributed by atoms with Crippen LogP contribution >= 0.6 is 0 Å². The van der Waals surface area contributed by atoms with Gasteiger partial charge in [0.2, 0.25) is 5.92 Å². The molecule has 2 aliphatic rings. The highest BCUT2D eigenvalue weighted by Gasteiger charge is 2.38. The maximum Gasteiger partial charge on any atom is 0.410 e.